The average molecular weight is 344 g/mol. The molecule has 4 aliphatic rings. The summed E-state index contributed by atoms with van der Waals surface area (Å²) < 4.78 is 6.04. The van der Waals surface area contributed by atoms with Crippen LogP contribution in [0.1, 0.15) is 45.4 Å². The molecule has 138 valence electrons. The van der Waals surface area contributed by atoms with Gasteiger partial charge in [0.05, 0.1) is 6.10 Å². The summed E-state index contributed by atoms with van der Waals surface area (Å²) in [6, 6.07) is 0. The minimum atomic E-state index is 0.284. The lowest BCUT2D eigenvalue weighted by molar-refractivity contribution is -0.114. The zero-order chi connectivity index (χ0) is 17.3. The van der Waals surface area contributed by atoms with E-state index < -0.39 is 0 Å². The van der Waals surface area contributed by atoms with Gasteiger partial charge in [0.2, 0.25) is 0 Å². The van der Waals surface area contributed by atoms with Crippen molar-refractivity contribution in [3.8, 4) is 0 Å². The summed E-state index contributed by atoms with van der Waals surface area (Å²) in [4.78, 5) is 14.2. The summed E-state index contributed by atoms with van der Waals surface area (Å²) in [5.74, 6) is 0.935. The van der Waals surface area contributed by atoms with Crippen LogP contribution in [0.15, 0.2) is 23.3 Å². The molecule has 2 aliphatic carbocycles. The maximum absolute atomic E-state index is 11.6. The molecule has 1 N–H and O–H groups in total. The van der Waals surface area contributed by atoms with Crippen LogP contribution < -0.4 is 5.32 Å². The van der Waals surface area contributed by atoms with E-state index in [1.165, 1.54) is 64.0 Å². The van der Waals surface area contributed by atoms with Gasteiger partial charge in [0, 0.05) is 38.1 Å². The van der Waals surface area contributed by atoms with Gasteiger partial charge in [0.1, 0.15) is 0 Å². The minimum absolute atomic E-state index is 0.284. The second kappa shape index (κ2) is 7.34. The van der Waals surface area contributed by atoms with E-state index in [2.05, 4.69) is 22.4 Å². The van der Waals surface area contributed by atoms with E-state index >= 15 is 0 Å². The molecule has 0 unspecified atom stereocenters. The highest BCUT2D eigenvalue weighted by molar-refractivity contribution is 5.97. The number of piperidine rings is 1. The SMILES string of the molecule is CC1=CC(C2CCN(CCCOC3CC4(CNC4)C3)CC2)=CCC1=O. The molecule has 0 radical (unpaired) electrons. The van der Waals surface area contributed by atoms with Crippen LogP contribution >= 0.6 is 0 Å². The lowest BCUT2D eigenvalue weighted by atomic mass is 9.63. The van der Waals surface area contributed by atoms with Crippen LogP contribution in [-0.4, -0.2) is 56.1 Å². The van der Waals surface area contributed by atoms with E-state index in [-0.39, 0.29) is 5.78 Å². The fourth-order valence-electron chi connectivity index (χ4n) is 4.86. The Morgan fingerprint density at radius 2 is 2.04 bits per heavy atom. The van der Waals surface area contributed by atoms with Gasteiger partial charge >= 0.3 is 0 Å². The van der Waals surface area contributed by atoms with Gasteiger partial charge in [-0.1, -0.05) is 12.2 Å². The van der Waals surface area contributed by atoms with Crippen molar-refractivity contribution >= 4 is 5.78 Å². The number of allylic oxidation sites excluding steroid dienone is 4. The van der Waals surface area contributed by atoms with Gasteiger partial charge in [-0.3, -0.25) is 4.79 Å². The molecule has 2 heterocycles. The Morgan fingerprint density at radius 1 is 1.28 bits per heavy atom. The molecule has 0 aromatic heterocycles. The largest absolute Gasteiger partial charge is 0.378 e. The summed E-state index contributed by atoms with van der Waals surface area (Å²) >= 11 is 0. The molecule has 3 fully saturated rings. The van der Waals surface area contributed by atoms with Gasteiger partial charge in [-0.05, 0) is 69.2 Å². The van der Waals surface area contributed by atoms with Crippen molar-refractivity contribution < 1.29 is 9.53 Å². The predicted molar refractivity (Wildman–Crippen MR) is 99.5 cm³/mol. The third kappa shape index (κ3) is 3.91. The van der Waals surface area contributed by atoms with Crippen LogP contribution in [0, 0.1) is 11.3 Å². The molecule has 4 nitrogen and oxygen atoms in total. The monoisotopic (exact) mass is 344 g/mol. The Kier molecular flexibility index (Phi) is 5.12. The third-order valence-electron chi connectivity index (χ3n) is 6.70. The number of hydrogen-bond donors (Lipinski definition) is 1. The van der Waals surface area contributed by atoms with Crippen LogP contribution in [0.4, 0.5) is 0 Å². The first-order valence-corrected chi connectivity index (χ1v) is 10.1. The van der Waals surface area contributed by atoms with E-state index in [0.717, 1.165) is 18.6 Å². The van der Waals surface area contributed by atoms with E-state index in [1.807, 2.05) is 6.92 Å². The van der Waals surface area contributed by atoms with Crippen molar-refractivity contribution in [2.75, 3.05) is 39.3 Å². The lowest BCUT2D eigenvalue weighted by Crippen LogP contribution is -2.62. The number of hydrogen-bond acceptors (Lipinski definition) is 4. The molecule has 4 rings (SSSR count). The first kappa shape index (κ1) is 17.4. The fraction of sp³-hybridized carbons (Fsp3) is 0.762. The highest BCUT2D eigenvalue weighted by Gasteiger charge is 2.48. The maximum Gasteiger partial charge on any atom is 0.162 e. The van der Waals surface area contributed by atoms with Gasteiger partial charge in [-0.15, -0.1) is 0 Å². The first-order valence-electron chi connectivity index (χ1n) is 10.1. The molecule has 4 heteroatoms. The molecule has 2 saturated heterocycles. The number of ether oxygens (including phenoxy) is 1. The molecule has 0 aromatic carbocycles. The second-order valence-corrected chi connectivity index (χ2v) is 8.63. The van der Waals surface area contributed by atoms with Crippen molar-refractivity contribution in [2.24, 2.45) is 11.3 Å². The number of carbonyl (C=O) groups is 1. The topological polar surface area (TPSA) is 41.6 Å². The summed E-state index contributed by atoms with van der Waals surface area (Å²) in [5, 5.41) is 3.38. The number of rotatable bonds is 6. The number of nitrogens with zero attached hydrogens (tertiary/aromatic N) is 1. The number of likely N-dealkylation sites (tertiary alicyclic amines) is 1. The van der Waals surface area contributed by atoms with Crippen LogP contribution in [0.2, 0.25) is 0 Å². The molecule has 2 aliphatic heterocycles. The Labute approximate surface area is 151 Å². The number of carbonyl (C=O) groups excluding carboxylic acids is 1. The summed E-state index contributed by atoms with van der Waals surface area (Å²) in [6.07, 6.45) is 11.6. The quantitative estimate of drug-likeness (QED) is 0.752. The van der Waals surface area contributed by atoms with Crippen molar-refractivity contribution in [1.29, 1.82) is 0 Å². The number of Topliss-reactive ketones (excluding diaryl/α,β-unsaturated/α-hetero) is 1. The Bertz CT molecular complexity index is 560. The van der Waals surface area contributed by atoms with E-state index in [1.54, 1.807) is 0 Å². The van der Waals surface area contributed by atoms with E-state index in [4.69, 9.17) is 4.74 Å². The van der Waals surface area contributed by atoms with Crippen LogP contribution in [-0.2, 0) is 9.53 Å². The van der Waals surface area contributed by atoms with Crippen molar-refractivity contribution in [2.45, 2.75) is 51.6 Å². The normalized spacial score (nSPS) is 27.6. The molecule has 1 spiro atoms. The summed E-state index contributed by atoms with van der Waals surface area (Å²) in [7, 11) is 0. The molecule has 0 bridgehead atoms. The molecule has 1 saturated carbocycles. The number of nitrogens with one attached hydrogen (secondary N) is 1. The van der Waals surface area contributed by atoms with Gasteiger partial charge in [0.25, 0.3) is 0 Å². The summed E-state index contributed by atoms with van der Waals surface area (Å²) in [5.41, 5.74) is 2.97. The Balaban J connectivity index is 1.10. The molecule has 25 heavy (non-hydrogen) atoms. The van der Waals surface area contributed by atoms with Crippen LogP contribution in [0.25, 0.3) is 0 Å². The molecular weight excluding hydrogens is 312 g/mol. The zero-order valence-electron chi connectivity index (χ0n) is 15.6. The van der Waals surface area contributed by atoms with Gasteiger partial charge in [-0.25, -0.2) is 0 Å². The van der Waals surface area contributed by atoms with E-state index in [0.29, 0.717) is 23.9 Å². The minimum Gasteiger partial charge on any atom is -0.378 e. The van der Waals surface area contributed by atoms with Crippen LogP contribution in [0.5, 0.6) is 0 Å². The molecule has 0 atom stereocenters. The summed E-state index contributed by atoms with van der Waals surface area (Å²) in [6.45, 7) is 8.82. The first-order chi connectivity index (χ1) is 12.1. The van der Waals surface area contributed by atoms with Gasteiger partial charge in [0.15, 0.2) is 5.78 Å². The fourth-order valence-corrected chi connectivity index (χ4v) is 4.86. The molecule has 0 amide bonds. The predicted octanol–water partition coefficient (Wildman–Crippen LogP) is 2.70. The van der Waals surface area contributed by atoms with Crippen molar-refractivity contribution in [3.63, 3.8) is 0 Å². The third-order valence-corrected chi connectivity index (χ3v) is 6.70. The molecular formula is C21H32N2O2. The lowest BCUT2D eigenvalue weighted by Gasteiger charge is -2.54. The standard InChI is InChI=1S/C21H32N2O2/c1-16-11-18(3-4-20(16)24)17-5-8-23(9-6-17)7-2-10-25-19-12-21(13-19)14-22-15-21/h3,11,17,19,22H,2,4-10,12-15H2,1H3. The Hall–Kier alpha value is -0.970. The smallest absolute Gasteiger partial charge is 0.162 e. The van der Waals surface area contributed by atoms with E-state index in [9.17, 15) is 4.79 Å². The van der Waals surface area contributed by atoms with Crippen molar-refractivity contribution in [3.05, 3.63) is 23.3 Å². The highest BCUT2D eigenvalue weighted by atomic mass is 16.5. The maximum atomic E-state index is 11.6. The Morgan fingerprint density at radius 3 is 2.68 bits per heavy atom. The highest BCUT2D eigenvalue weighted by Crippen LogP contribution is 2.45. The molecule has 0 aromatic rings. The average Bonchev–Trinajstić information content (AvgIpc) is 2.54. The zero-order valence-corrected chi connectivity index (χ0v) is 15.6. The number of ketones is 1. The van der Waals surface area contributed by atoms with Gasteiger partial charge in [-0.2, -0.15) is 0 Å². The van der Waals surface area contributed by atoms with Crippen LogP contribution in [0.3, 0.4) is 0 Å². The second-order valence-electron chi connectivity index (χ2n) is 8.63. The van der Waals surface area contributed by atoms with Gasteiger partial charge < -0.3 is 15.0 Å². The van der Waals surface area contributed by atoms with Crippen molar-refractivity contribution in [1.82, 2.24) is 10.2 Å².